The number of aliphatic imine (C=N–C) groups is 1. The Hall–Kier alpha value is -3.19. The maximum Gasteiger partial charge on any atom is 0.322 e. The quantitative estimate of drug-likeness (QED) is 0.599. The van der Waals surface area contributed by atoms with Gasteiger partial charge in [0.15, 0.2) is 11.6 Å². The van der Waals surface area contributed by atoms with Crippen LogP contribution in [0.1, 0.15) is 17.8 Å². The zero-order valence-electron chi connectivity index (χ0n) is 14.9. The molecule has 140 valence electrons. The first-order valence-corrected chi connectivity index (χ1v) is 8.95. The maximum atomic E-state index is 14.7. The van der Waals surface area contributed by atoms with Gasteiger partial charge in [0.05, 0.1) is 12.2 Å². The molecule has 28 heavy (non-hydrogen) atoms. The summed E-state index contributed by atoms with van der Waals surface area (Å²) < 4.78 is 20.2. The summed E-state index contributed by atoms with van der Waals surface area (Å²) in [7, 11) is 0. The van der Waals surface area contributed by atoms with Crippen molar-refractivity contribution in [2.75, 3.05) is 6.54 Å². The van der Waals surface area contributed by atoms with Crippen molar-refractivity contribution < 1.29 is 9.13 Å². The van der Waals surface area contributed by atoms with Crippen LogP contribution in [0.3, 0.4) is 0 Å². The molecule has 0 atom stereocenters. The highest BCUT2D eigenvalue weighted by Gasteiger charge is 2.16. The SMILES string of the molecule is Cc1ccnc(Oc2ccc(-c3cnc(Cl)nc3C3=CCN=CC3)cc2F)n1. The van der Waals surface area contributed by atoms with Crippen LogP contribution in [0.5, 0.6) is 11.8 Å². The number of benzene rings is 1. The monoisotopic (exact) mass is 395 g/mol. The lowest BCUT2D eigenvalue weighted by Crippen LogP contribution is -2.01. The maximum absolute atomic E-state index is 14.7. The zero-order chi connectivity index (χ0) is 19.5. The van der Waals surface area contributed by atoms with Crippen molar-refractivity contribution >= 4 is 23.4 Å². The predicted octanol–water partition coefficient (Wildman–Crippen LogP) is 4.68. The number of hydrogen-bond acceptors (Lipinski definition) is 6. The molecule has 0 spiro atoms. The summed E-state index contributed by atoms with van der Waals surface area (Å²) in [4.78, 5) is 20.7. The van der Waals surface area contributed by atoms with Gasteiger partial charge in [0.25, 0.3) is 0 Å². The Morgan fingerprint density at radius 1 is 1.14 bits per heavy atom. The minimum Gasteiger partial charge on any atom is -0.421 e. The van der Waals surface area contributed by atoms with E-state index in [-0.39, 0.29) is 17.0 Å². The lowest BCUT2D eigenvalue weighted by molar-refractivity contribution is 0.410. The van der Waals surface area contributed by atoms with Gasteiger partial charge in [-0.05, 0) is 47.9 Å². The molecular formula is C20H15ClFN5O. The number of hydrogen-bond donors (Lipinski definition) is 0. The number of aromatic nitrogens is 4. The standard InChI is InChI=1S/C20H15ClFN5O/c1-12-4-9-24-20(26-12)28-17-3-2-14(10-16(17)22)15-11-25-19(21)27-18(15)13-5-7-23-8-6-13/h2-5,8-11H,6-7H2,1H3. The van der Waals surface area contributed by atoms with Crippen LogP contribution < -0.4 is 4.74 Å². The van der Waals surface area contributed by atoms with E-state index >= 15 is 0 Å². The van der Waals surface area contributed by atoms with Gasteiger partial charge in [-0.2, -0.15) is 0 Å². The van der Waals surface area contributed by atoms with E-state index in [0.29, 0.717) is 29.8 Å². The van der Waals surface area contributed by atoms with Gasteiger partial charge in [0.2, 0.25) is 5.28 Å². The van der Waals surface area contributed by atoms with Gasteiger partial charge < -0.3 is 4.74 Å². The van der Waals surface area contributed by atoms with Crippen LogP contribution in [0, 0.1) is 12.7 Å². The normalized spacial score (nSPS) is 13.3. The second kappa shape index (κ2) is 7.82. The lowest BCUT2D eigenvalue weighted by atomic mass is 9.98. The first-order chi connectivity index (χ1) is 13.6. The van der Waals surface area contributed by atoms with Crippen molar-refractivity contribution in [3.63, 3.8) is 0 Å². The number of dihydropyridines is 1. The first kappa shape index (κ1) is 18.2. The number of ether oxygens (including phenoxy) is 1. The second-order valence-corrected chi connectivity index (χ2v) is 6.45. The Kier molecular flexibility index (Phi) is 5.08. The van der Waals surface area contributed by atoms with E-state index in [2.05, 4.69) is 24.9 Å². The molecule has 0 N–H and O–H groups in total. The van der Waals surface area contributed by atoms with E-state index in [9.17, 15) is 4.39 Å². The van der Waals surface area contributed by atoms with Crippen molar-refractivity contribution in [1.29, 1.82) is 0 Å². The molecule has 3 aromatic rings. The highest BCUT2D eigenvalue weighted by Crippen LogP contribution is 2.33. The van der Waals surface area contributed by atoms with Gasteiger partial charge in [0.1, 0.15) is 0 Å². The van der Waals surface area contributed by atoms with E-state index in [0.717, 1.165) is 11.3 Å². The fraction of sp³-hybridized carbons (Fsp3) is 0.150. The highest BCUT2D eigenvalue weighted by atomic mass is 35.5. The summed E-state index contributed by atoms with van der Waals surface area (Å²) in [6, 6.07) is 6.47. The molecule has 0 amide bonds. The topological polar surface area (TPSA) is 73.2 Å². The molecule has 1 aliphatic rings. The fourth-order valence-corrected chi connectivity index (χ4v) is 2.95. The minimum atomic E-state index is -0.539. The molecule has 0 fully saturated rings. The van der Waals surface area contributed by atoms with Crippen molar-refractivity contribution in [2.45, 2.75) is 13.3 Å². The van der Waals surface area contributed by atoms with Crippen LogP contribution in [0.15, 0.2) is 47.7 Å². The average molecular weight is 396 g/mol. The van der Waals surface area contributed by atoms with Crippen LogP contribution in [0.4, 0.5) is 4.39 Å². The summed E-state index contributed by atoms with van der Waals surface area (Å²) >= 11 is 5.99. The molecule has 3 heterocycles. The Balaban J connectivity index is 1.69. The molecule has 4 rings (SSSR count). The Bertz CT molecular complexity index is 1100. The molecule has 0 unspecified atom stereocenters. The van der Waals surface area contributed by atoms with Crippen molar-refractivity contribution in [3.05, 3.63) is 65.2 Å². The molecule has 0 saturated carbocycles. The fourth-order valence-electron chi connectivity index (χ4n) is 2.82. The predicted molar refractivity (Wildman–Crippen MR) is 105 cm³/mol. The van der Waals surface area contributed by atoms with Gasteiger partial charge >= 0.3 is 6.01 Å². The molecule has 0 bridgehead atoms. The highest BCUT2D eigenvalue weighted by molar-refractivity contribution is 6.28. The molecule has 1 aliphatic heterocycles. The van der Waals surface area contributed by atoms with Gasteiger partial charge in [-0.3, -0.25) is 4.99 Å². The van der Waals surface area contributed by atoms with Crippen LogP contribution >= 0.6 is 11.6 Å². The average Bonchev–Trinajstić information content (AvgIpc) is 2.70. The summed E-state index contributed by atoms with van der Waals surface area (Å²) in [6.45, 7) is 2.38. The van der Waals surface area contributed by atoms with Crippen LogP contribution in [0.2, 0.25) is 5.28 Å². The van der Waals surface area contributed by atoms with Crippen LogP contribution in [-0.2, 0) is 0 Å². The largest absolute Gasteiger partial charge is 0.421 e. The zero-order valence-corrected chi connectivity index (χ0v) is 15.7. The van der Waals surface area contributed by atoms with E-state index in [1.54, 1.807) is 31.5 Å². The molecular weight excluding hydrogens is 381 g/mol. The summed E-state index contributed by atoms with van der Waals surface area (Å²) in [5.41, 5.74) is 3.67. The third-order valence-corrected chi connectivity index (χ3v) is 4.35. The van der Waals surface area contributed by atoms with Crippen molar-refractivity contribution in [2.24, 2.45) is 4.99 Å². The first-order valence-electron chi connectivity index (χ1n) is 8.58. The van der Waals surface area contributed by atoms with Gasteiger partial charge in [-0.15, -0.1) is 0 Å². The van der Waals surface area contributed by atoms with Gasteiger partial charge in [-0.1, -0.05) is 12.1 Å². The van der Waals surface area contributed by atoms with Crippen molar-refractivity contribution in [3.8, 4) is 22.9 Å². The van der Waals surface area contributed by atoms with Crippen LogP contribution in [-0.4, -0.2) is 32.7 Å². The van der Waals surface area contributed by atoms with E-state index in [1.807, 2.05) is 12.3 Å². The molecule has 6 nitrogen and oxygen atoms in total. The number of halogens is 2. The lowest BCUT2D eigenvalue weighted by Gasteiger charge is -2.13. The molecule has 0 saturated heterocycles. The smallest absolute Gasteiger partial charge is 0.322 e. The number of nitrogens with zero attached hydrogens (tertiary/aromatic N) is 5. The van der Waals surface area contributed by atoms with Gasteiger partial charge in [0, 0.05) is 36.3 Å². The summed E-state index contributed by atoms with van der Waals surface area (Å²) in [6.07, 6.45) is 7.59. The molecule has 1 aromatic carbocycles. The molecule has 0 aliphatic carbocycles. The number of aryl methyl sites for hydroxylation is 1. The summed E-state index contributed by atoms with van der Waals surface area (Å²) in [5.74, 6) is -0.502. The van der Waals surface area contributed by atoms with Gasteiger partial charge in [-0.25, -0.2) is 24.3 Å². The van der Waals surface area contributed by atoms with E-state index in [4.69, 9.17) is 16.3 Å². The number of allylic oxidation sites excluding steroid dienone is 1. The Morgan fingerprint density at radius 3 is 2.79 bits per heavy atom. The third-order valence-electron chi connectivity index (χ3n) is 4.16. The van der Waals surface area contributed by atoms with E-state index in [1.165, 1.54) is 12.1 Å². The number of rotatable bonds is 4. The second-order valence-electron chi connectivity index (χ2n) is 6.11. The molecule has 0 radical (unpaired) electrons. The minimum absolute atomic E-state index is 0.0368. The van der Waals surface area contributed by atoms with Crippen molar-refractivity contribution in [1.82, 2.24) is 19.9 Å². The van der Waals surface area contributed by atoms with E-state index < -0.39 is 5.82 Å². The summed E-state index contributed by atoms with van der Waals surface area (Å²) in [5, 5.41) is 0.138. The Morgan fingerprint density at radius 2 is 2.04 bits per heavy atom. The van der Waals surface area contributed by atoms with Crippen LogP contribution in [0.25, 0.3) is 16.7 Å². The Labute approximate surface area is 165 Å². The molecule has 8 heteroatoms. The molecule has 2 aromatic heterocycles. The third kappa shape index (κ3) is 3.89.